The van der Waals surface area contributed by atoms with Crippen molar-refractivity contribution < 1.29 is 15.0 Å². The largest absolute Gasteiger partial charge is 0.508 e. The van der Waals surface area contributed by atoms with Gasteiger partial charge < -0.3 is 15.9 Å². The number of phenols is 1. The summed E-state index contributed by atoms with van der Waals surface area (Å²) in [6, 6.07) is 11.6. The lowest BCUT2D eigenvalue weighted by atomic mass is 9.97. The second-order valence-corrected chi connectivity index (χ2v) is 3.93. The van der Waals surface area contributed by atoms with Crippen LogP contribution >= 0.6 is 0 Å². The molecule has 0 bridgehead atoms. The van der Waals surface area contributed by atoms with Gasteiger partial charge in [-0.3, -0.25) is 0 Å². The Kier molecular flexibility index (Phi) is 3.30. The van der Waals surface area contributed by atoms with Crippen LogP contribution in [0.2, 0.25) is 0 Å². The van der Waals surface area contributed by atoms with Crippen LogP contribution in [0.15, 0.2) is 42.5 Å². The molecule has 4 heteroatoms. The molecule has 0 heterocycles. The minimum atomic E-state index is -0.970. The number of hydrogen-bond acceptors (Lipinski definition) is 3. The van der Waals surface area contributed by atoms with Crippen molar-refractivity contribution >= 4 is 5.97 Å². The molecule has 4 nitrogen and oxygen atoms in total. The molecule has 0 fully saturated rings. The van der Waals surface area contributed by atoms with Crippen LogP contribution in [0, 0.1) is 0 Å². The summed E-state index contributed by atoms with van der Waals surface area (Å²) in [5, 5.41) is 18.2. The lowest BCUT2D eigenvalue weighted by Gasteiger charge is -2.09. The van der Waals surface area contributed by atoms with Crippen molar-refractivity contribution in [3.8, 4) is 16.9 Å². The van der Waals surface area contributed by atoms with Crippen molar-refractivity contribution in [3.05, 3.63) is 53.6 Å². The van der Waals surface area contributed by atoms with E-state index in [-0.39, 0.29) is 17.9 Å². The number of carbonyl (C=O) groups is 1. The molecule has 0 spiro atoms. The van der Waals surface area contributed by atoms with E-state index in [1.807, 2.05) is 0 Å². The Morgan fingerprint density at radius 2 is 1.78 bits per heavy atom. The number of carboxylic acid groups (broad SMARTS) is 1. The van der Waals surface area contributed by atoms with Crippen LogP contribution in [0.25, 0.3) is 11.1 Å². The number of benzene rings is 2. The van der Waals surface area contributed by atoms with Gasteiger partial charge in [0.05, 0.1) is 5.56 Å². The zero-order valence-electron chi connectivity index (χ0n) is 9.63. The van der Waals surface area contributed by atoms with E-state index < -0.39 is 5.97 Å². The molecule has 92 valence electrons. The monoisotopic (exact) mass is 243 g/mol. The van der Waals surface area contributed by atoms with Crippen LogP contribution in [-0.4, -0.2) is 16.2 Å². The number of aromatic hydroxyl groups is 1. The summed E-state index contributed by atoms with van der Waals surface area (Å²) in [4.78, 5) is 10.9. The van der Waals surface area contributed by atoms with Crippen LogP contribution < -0.4 is 5.73 Å². The summed E-state index contributed by atoms with van der Waals surface area (Å²) in [5.41, 5.74) is 8.40. The normalized spacial score (nSPS) is 10.3. The Labute approximate surface area is 104 Å². The fraction of sp³-hybridized carbons (Fsp3) is 0.0714. The van der Waals surface area contributed by atoms with E-state index >= 15 is 0 Å². The van der Waals surface area contributed by atoms with Gasteiger partial charge in [0.25, 0.3) is 0 Å². The summed E-state index contributed by atoms with van der Waals surface area (Å²) in [5.74, 6) is -0.780. The summed E-state index contributed by atoms with van der Waals surface area (Å²) < 4.78 is 0. The molecule has 0 aliphatic rings. The molecule has 2 aromatic carbocycles. The Hall–Kier alpha value is -2.33. The predicted molar refractivity (Wildman–Crippen MR) is 68.4 cm³/mol. The third-order valence-corrected chi connectivity index (χ3v) is 2.75. The second-order valence-electron chi connectivity index (χ2n) is 3.93. The first-order chi connectivity index (χ1) is 8.61. The van der Waals surface area contributed by atoms with Gasteiger partial charge in [0.1, 0.15) is 5.75 Å². The van der Waals surface area contributed by atoms with Crippen molar-refractivity contribution in [2.75, 3.05) is 0 Å². The maximum absolute atomic E-state index is 10.9. The smallest absolute Gasteiger partial charge is 0.335 e. The van der Waals surface area contributed by atoms with Crippen LogP contribution in [0.5, 0.6) is 5.75 Å². The zero-order valence-corrected chi connectivity index (χ0v) is 9.63. The van der Waals surface area contributed by atoms with Crippen LogP contribution in [0.1, 0.15) is 15.9 Å². The van der Waals surface area contributed by atoms with Gasteiger partial charge in [-0.1, -0.05) is 18.2 Å². The van der Waals surface area contributed by atoms with Gasteiger partial charge in [-0.05, 0) is 41.0 Å². The Bertz CT molecular complexity index is 576. The van der Waals surface area contributed by atoms with E-state index in [9.17, 15) is 9.90 Å². The average molecular weight is 243 g/mol. The van der Waals surface area contributed by atoms with Gasteiger partial charge in [0, 0.05) is 6.54 Å². The highest BCUT2D eigenvalue weighted by Gasteiger charge is 2.09. The number of hydrogen-bond donors (Lipinski definition) is 3. The van der Waals surface area contributed by atoms with E-state index in [2.05, 4.69) is 0 Å². The molecule has 0 aromatic heterocycles. The molecule has 0 unspecified atom stereocenters. The fourth-order valence-corrected chi connectivity index (χ4v) is 1.82. The summed E-state index contributed by atoms with van der Waals surface area (Å²) >= 11 is 0. The van der Waals surface area contributed by atoms with E-state index in [0.717, 1.165) is 16.7 Å². The van der Waals surface area contributed by atoms with E-state index in [1.165, 1.54) is 0 Å². The summed E-state index contributed by atoms with van der Waals surface area (Å²) in [6.07, 6.45) is 0. The zero-order chi connectivity index (χ0) is 13.1. The first-order valence-electron chi connectivity index (χ1n) is 5.47. The summed E-state index contributed by atoms with van der Waals surface area (Å²) in [6.45, 7) is 0.261. The lowest BCUT2D eigenvalue weighted by Crippen LogP contribution is -2.03. The Balaban J connectivity index is 2.50. The molecular weight excluding hydrogens is 230 g/mol. The standard InChI is InChI=1S/C14H13NO3/c15-8-11-7-10(14(17)18)3-6-13(11)9-1-4-12(16)5-2-9/h1-7,16H,8,15H2,(H,17,18). The highest BCUT2D eigenvalue weighted by molar-refractivity contribution is 5.89. The quantitative estimate of drug-likeness (QED) is 0.771. The molecule has 0 atom stereocenters. The van der Waals surface area contributed by atoms with E-state index in [1.54, 1.807) is 42.5 Å². The number of phenolic OH excluding ortho intramolecular Hbond substituents is 1. The predicted octanol–water partition coefficient (Wildman–Crippen LogP) is 2.22. The summed E-state index contributed by atoms with van der Waals surface area (Å²) in [7, 11) is 0. The molecule has 2 rings (SSSR count). The van der Waals surface area contributed by atoms with Crippen molar-refractivity contribution in [2.45, 2.75) is 6.54 Å². The molecular formula is C14H13NO3. The number of rotatable bonds is 3. The van der Waals surface area contributed by atoms with Crippen molar-refractivity contribution in [2.24, 2.45) is 5.73 Å². The van der Waals surface area contributed by atoms with E-state index in [4.69, 9.17) is 10.8 Å². The third-order valence-electron chi connectivity index (χ3n) is 2.75. The molecule has 2 aromatic rings. The fourth-order valence-electron chi connectivity index (χ4n) is 1.82. The average Bonchev–Trinajstić information content (AvgIpc) is 2.39. The minimum absolute atomic E-state index is 0.190. The second kappa shape index (κ2) is 4.89. The maximum atomic E-state index is 10.9. The van der Waals surface area contributed by atoms with Gasteiger partial charge in [-0.15, -0.1) is 0 Å². The van der Waals surface area contributed by atoms with Gasteiger partial charge in [0.15, 0.2) is 0 Å². The molecule has 18 heavy (non-hydrogen) atoms. The maximum Gasteiger partial charge on any atom is 0.335 e. The van der Waals surface area contributed by atoms with Gasteiger partial charge >= 0.3 is 5.97 Å². The first-order valence-corrected chi connectivity index (χ1v) is 5.47. The SMILES string of the molecule is NCc1cc(C(=O)O)ccc1-c1ccc(O)cc1. The molecule has 4 N–H and O–H groups in total. The molecule has 0 saturated carbocycles. The highest BCUT2D eigenvalue weighted by Crippen LogP contribution is 2.26. The lowest BCUT2D eigenvalue weighted by molar-refractivity contribution is 0.0697. The number of nitrogens with two attached hydrogens (primary N) is 1. The molecule has 0 saturated heterocycles. The number of aromatic carboxylic acids is 1. The van der Waals surface area contributed by atoms with Crippen LogP contribution in [0.3, 0.4) is 0 Å². The molecule has 0 aliphatic carbocycles. The Morgan fingerprint density at radius 3 is 2.33 bits per heavy atom. The van der Waals surface area contributed by atoms with Gasteiger partial charge in [-0.2, -0.15) is 0 Å². The van der Waals surface area contributed by atoms with Gasteiger partial charge in [-0.25, -0.2) is 4.79 Å². The van der Waals surface area contributed by atoms with Crippen molar-refractivity contribution in [1.82, 2.24) is 0 Å². The first kappa shape index (κ1) is 12.1. The molecule has 0 radical (unpaired) electrons. The topological polar surface area (TPSA) is 83.6 Å². The number of carboxylic acids is 1. The molecule has 0 aliphatic heterocycles. The van der Waals surface area contributed by atoms with E-state index in [0.29, 0.717) is 0 Å². The molecule has 0 amide bonds. The third kappa shape index (κ3) is 2.33. The Morgan fingerprint density at radius 1 is 1.11 bits per heavy atom. The van der Waals surface area contributed by atoms with Crippen LogP contribution in [-0.2, 0) is 6.54 Å². The van der Waals surface area contributed by atoms with Crippen molar-refractivity contribution in [3.63, 3.8) is 0 Å². The van der Waals surface area contributed by atoms with Crippen LogP contribution in [0.4, 0.5) is 0 Å². The minimum Gasteiger partial charge on any atom is -0.508 e. The van der Waals surface area contributed by atoms with Crippen molar-refractivity contribution in [1.29, 1.82) is 0 Å². The van der Waals surface area contributed by atoms with Gasteiger partial charge in [0.2, 0.25) is 0 Å². The highest BCUT2D eigenvalue weighted by atomic mass is 16.4.